The second-order valence-corrected chi connectivity index (χ2v) is 16.9. The van der Waals surface area contributed by atoms with Crippen molar-refractivity contribution in [2.45, 2.75) is 0 Å². The molecule has 2 heterocycles. The highest BCUT2D eigenvalue weighted by molar-refractivity contribution is 7.85. The molecule has 3 nitrogen and oxygen atoms in total. The van der Waals surface area contributed by atoms with Gasteiger partial charge in [0.15, 0.2) is 7.14 Å². The lowest BCUT2D eigenvalue weighted by atomic mass is 9.87. The molecule has 0 aliphatic heterocycles. The topological polar surface area (TPSA) is 42.9 Å². The maximum atomic E-state index is 15.1. The van der Waals surface area contributed by atoms with E-state index in [-0.39, 0.29) is 0 Å². The van der Waals surface area contributed by atoms with Crippen LogP contribution in [0.5, 0.6) is 0 Å². The Morgan fingerprint density at radius 2 is 0.944 bits per heavy atom. The molecule has 0 saturated carbocycles. The fourth-order valence-corrected chi connectivity index (χ4v) is 11.2. The minimum absolute atomic E-state index is 0.837. The summed E-state index contributed by atoms with van der Waals surface area (Å²) in [4.78, 5) is 9.92. The van der Waals surface area contributed by atoms with Gasteiger partial charge in [0.1, 0.15) is 0 Å². The SMILES string of the molecule is O=P(c1ccccc1)(c1ccccc1)c1ccc2cc(-c3ccc4ccc5c(-c6ccc7ccc8cccnc8c7n6)ccc6ccc3c4c65)ccc2c1. The Balaban J connectivity index is 1.05. The number of fused-ring (bicyclic) bond motifs is 4. The quantitative estimate of drug-likeness (QED) is 0.132. The summed E-state index contributed by atoms with van der Waals surface area (Å²) in [5.41, 5.74) is 6.24. The van der Waals surface area contributed by atoms with Crippen LogP contribution in [-0.4, -0.2) is 9.97 Å². The Labute approximate surface area is 311 Å². The predicted octanol–water partition coefficient (Wildman–Crippen LogP) is 11.8. The molecule has 9 aromatic carbocycles. The van der Waals surface area contributed by atoms with Crippen molar-refractivity contribution in [1.29, 1.82) is 0 Å². The zero-order valence-corrected chi connectivity index (χ0v) is 30.0. The summed E-state index contributed by atoms with van der Waals surface area (Å²) in [6, 6.07) is 63.2. The molecule has 11 aromatic rings. The summed E-state index contributed by atoms with van der Waals surface area (Å²) >= 11 is 0. The number of pyridine rings is 2. The first-order chi connectivity index (χ1) is 26.6. The molecule has 0 spiro atoms. The number of rotatable bonds is 5. The first kappa shape index (κ1) is 30.9. The van der Waals surface area contributed by atoms with E-state index in [1.54, 1.807) is 0 Å². The Kier molecular flexibility index (Phi) is 6.83. The Bertz CT molecular complexity index is 3260. The van der Waals surface area contributed by atoms with Crippen LogP contribution in [0, 0.1) is 0 Å². The molecule has 54 heavy (non-hydrogen) atoms. The summed E-state index contributed by atoms with van der Waals surface area (Å²) in [7, 11) is -3.07. The van der Waals surface area contributed by atoms with Gasteiger partial charge in [-0.05, 0) is 78.5 Å². The largest absolute Gasteiger partial charge is 0.309 e. The summed E-state index contributed by atoms with van der Waals surface area (Å²) in [6.45, 7) is 0. The highest BCUT2D eigenvalue weighted by atomic mass is 31.2. The molecule has 0 N–H and O–H groups in total. The molecular formula is C50H31N2OP. The standard InChI is InChI=1S/C50H31N2OP/c53-54(39-9-3-1-4-10-39,40-11-5-2-6-12-40)41-23-17-36-30-38(16-15-37(36)31-41)42-24-18-32-21-27-45-43(25-19-33-20-26-44(42)47(32)48(33)45)46-28-22-35-14-13-34-8-7-29-51-49(34)50(35)52-46/h1-31H. The van der Waals surface area contributed by atoms with E-state index < -0.39 is 7.14 Å². The van der Waals surface area contributed by atoms with E-state index in [0.29, 0.717) is 0 Å². The molecule has 0 aliphatic rings. The monoisotopic (exact) mass is 706 g/mol. The van der Waals surface area contributed by atoms with Crippen molar-refractivity contribution in [3.8, 4) is 22.4 Å². The second kappa shape index (κ2) is 11.9. The van der Waals surface area contributed by atoms with Crippen LogP contribution >= 0.6 is 7.14 Å². The lowest BCUT2D eigenvalue weighted by Gasteiger charge is -2.20. The van der Waals surface area contributed by atoms with E-state index in [1.807, 2.05) is 72.9 Å². The van der Waals surface area contributed by atoms with Crippen LogP contribution in [0.3, 0.4) is 0 Å². The first-order valence-corrected chi connectivity index (χ1v) is 20.0. The van der Waals surface area contributed by atoms with E-state index in [0.717, 1.165) is 65.3 Å². The van der Waals surface area contributed by atoms with Gasteiger partial charge >= 0.3 is 0 Å². The number of benzene rings is 9. The van der Waals surface area contributed by atoms with E-state index in [9.17, 15) is 0 Å². The fraction of sp³-hybridized carbons (Fsp3) is 0. The van der Waals surface area contributed by atoms with Gasteiger partial charge in [0.25, 0.3) is 0 Å². The van der Waals surface area contributed by atoms with Crippen LogP contribution in [0.4, 0.5) is 0 Å². The third-order valence-corrected chi connectivity index (χ3v) is 14.2. The molecule has 0 bridgehead atoms. The molecule has 2 aromatic heterocycles. The fourth-order valence-electron chi connectivity index (χ4n) is 8.47. The Hall–Kier alpha value is -6.67. The molecule has 4 heteroatoms. The highest BCUT2D eigenvalue weighted by Crippen LogP contribution is 2.45. The molecule has 0 atom stereocenters. The summed E-state index contributed by atoms with van der Waals surface area (Å²) in [5.74, 6) is 0. The van der Waals surface area contributed by atoms with Gasteiger partial charge < -0.3 is 4.57 Å². The third kappa shape index (κ3) is 4.66. The minimum Gasteiger partial charge on any atom is -0.309 e. The number of hydrogen-bond donors (Lipinski definition) is 0. The van der Waals surface area contributed by atoms with Gasteiger partial charge in [-0.2, -0.15) is 0 Å². The van der Waals surface area contributed by atoms with Gasteiger partial charge in [0, 0.05) is 38.4 Å². The normalized spacial score (nSPS) is 12.1. The molecule has 11 rings (SSSR count). The van der Waals surface area contributed by atoms with Crippen molar-refractivity contribution in [3.05, 3.63) is 188 Å². The molecule has 0 radical (unpaired) electrons. The van der Waals surface area contributed by atoms with E-state index in [4.69, 9.17) is 9.97 Å². The van der Waals surface area contributed by atoms with Gasteiger partial charge in [0.05, 0.1) is 16.7 Å². The van der Waals surface area contributed by atoms with Crippen molar-refractivity contribution < 1.29 is 4.57 Å². The van der Waals surface area contributed by atoms with Crippen LogP contribution in [-0.2, 0) is 4.57 Å². The average Bonchev–Trinajstić information content (AvgIpc) is 3.25. The summed E-state index contributed by atoms with van der Waals surface area (Å²) in [5, 5.41) is 14.2. The minimum atomic E-state index is -3.07. The molecular weight excluding hydrogens is 676 g/mol. The zero-order valence-electron chi connectivity index (χ0n) is 29.1. The van der Waals surface area contributed by atoms with Gasteiger partial charge in [-0.25, -0.2) is 4.98 Å². The van der Waals surface area contributed by atoms with Crippen LogP contribution < -0.4 is 15.9 Å². The average molecular weight is 707 g/mol. The molecule has 0 fully saturated rings. The summed E-state index contributed by atoms with van der Waals surface area (Å²) in [6.07, 6.45) is 1.84. The first-order valence-electron chi connectivity index (χ1n) is 18.2. The molecule has 252 valence electrons. The van der Waals surface area contributed by atoms with Gasteiger partial charge in [-0.15, -0.1) is 0 Å². The van der Waals surface area contributed by atoms with Crippen LogP contribution in [0.2, 0.25) is 0 Å². The van der Waals surface area contributed by atoms with E-state index >= 15 is 4.57 Å². The Morgan fingerprint density at radius 3 is 1.67 bits per heavy atom. The second-order valence-electron chi connectivity index (χ2n) is 14.1. The lowest BCUT2D eigenvalue weighted by molar-refractivity contribution is 0.592. The maximum absolute atomic E-state index is 15.1. The molecule has 0 amide bonds. The van der Waals surface area contributed by atoms with Crippen molar-refractivity contribution in [3.63, 3.8) is 0 Å². The molecule has 0 unspecified atom stereocenters. The van der Waals surface area contributed by atoms with Crippen LogP contribution in [0.15, 0.2) is 188 Å². The molecule has 0 saturated heterocycles. The zero-order chi connectivity index (χ0) is 35.8. The predicted molar refractivity (Wildman–Crippen MR) is 229 cm³/mol. The van der Waals surface area contributed by atoms with E-state index in [1.165, 1.54) is 37.9 Å². The van der Waals surface area contributed by atoms with Crippen molar-refractivity contribution in [1.82, 2.24) is 9.97 Å². The van der Waals surface area contributed by atoms with Gasteiger partial charge in [-0.3, -0.25) is 4.98 Å². The smallest absolute Gasteiger partial charge is 0.171 e. The lowest BCUT2D eigenvalue weighted by Crippen LogP contribution is -2.24. The van der Waals surface area contributed by atoms with Crippen molar-refractivity contribution >= 4 is 88.0 Å². The number of aromatic nitrogens is 2. The number of hydrogen-bond acceptors (Lipinski definition) is 3. The van der Waals surface area contributed by atoms with Crippen LogP contribution in [0.1, 0.15) is 0 Å². The van der Waals surface area contributed by atoms with Crippen molar-refractivity contribution in [2.24, 2.45) is 0 Å². The number of nitrogens with zero attached hydrogens (tertiary/aromatic N) is 2. The van der Waals surface area contributed by atoms with E-state index in [2.05, 4.69) is 115 Å². The van der Waals surface area contributed by atoms with Crippen molar-refractivity contribution in [2.75, 3.05) is 0 Å². The van der Waals surface area contributed by atoms with Gasteiger partial charge in [0.2, 0.25) is 0 Å². The highest BCUT2D eigenvalue weighted by Gasteiger charge is 2.29. The Morgan fingerprint density at radius 1 is 0.389 bits per heavy atom. The summed E-state index contributed by atoms with van der Waals surface area (Å²) < 4.78 is 15.1. The third-order valence-electron chi connectivity index (χ3n) is 11.1. The molecule has 0 aliphatic carbocycles. The van der Waals surface area contributed by atoms with Crippen LogP contribution in [0.25, 0.3) is 87.3 Å². The maximum Gasteiger partial charge on any atom is 0.171 e. The van der Waals surface area contributed by atoms with Gasteiger partial charge in [-0.1, -0.05) is 158 Å².